The number of carbonyl (C=O) groups is 2. The monoisotopic (exact) mass is 360 g/mol. The van der Waals surface area contributed by atoms with Crippen LogP contribution in [0.15, 0.2) is 8.95 Å². The molecule has 5 heteroatoms. The zero-order chi connectivity index (χ0) is 12.7. The van der Waals surface area contributed by atoms with E-state index in [1.165, 1.54) is 0 Å². The molecule has 0 saturated heterocycles. The second-order valence-electron chi connectivity index (χ2n) is 3.72. The molecular formula is C12H10Br2O3. The Balaban J connectivity index is 2.90. The Hall–Kier alpha value is -0.680. The molecule has 0 saturated carbocycles. The zero-order valence-corrected chi connectivity index (χ0v) is 12.6. The van der Waals surface area contributed by atoms with Gasteiger partial charge in [-0.15, -0.1) is 0 Å². The fraction of sp³-hybridized carbons (Fsp3) is 0.333. The molecule has 0 fully saturated rings. The van der Waals surface area contributed by atoms with Gasteiger partial charge in [-0.1, -0.05) is 13.8 Å². The maximum absolute atomic E-state index is 11.7. The molecule has 2 rings (SSSR count). The third-order valence-corrected chi connectivity index (χ3v) is 5.16. The molecule has 0 bridgehead atoms. The van der Waals surface area contributed by atoms with Gasteiger partial charge in [0.2, 0.25) is 0 Å². The molecule has 0 radical (unpaired) electrons. The second-order valence-corrected chi connectivity index (χ2v) is 5.31. The predicted octanol–water partition coefficient (Wildman–Crippen LogP) is 3.65. The molecule has 3 nitrogen and oxygen atoms in total. The van der Waals surface area contributed by atoms with Crippen LogP contribution >= 0.6 is 31.9 Å². The lowest BCUT2D eigenvalue weighted by atomic mass is 9.95. The number of hydrogen-bond acceptors (Lipinski definition) is 3. The lowest BCUT2D eigenvalue weighted by molar-refractivity contribution is 0.0443. The molecule has 0 atom stereocenters. The van der Waals surface area contributed by atoms with E-state index >= 15 is 0 Å². The Morgan fingerprint density at radius 3 is 1.53 bits per heavy atom. The molecule has 1 aliphatic rings. The number of cyclic esters (lactones) is 2. The zero-order valence-electron chi connectivity index (χ0n) is 9.39. The van der Waals surface area contributed by atoms with E-state index in [1.54, 1.807) is 0 Å². The number of rotatable bonds is 2. The highest BCUT2D eigenvalue weighted by Gasteiger charge is 2.36. The number of ether oxygens (including phenoxy) is 1. The quantitative estimate of drug-likeness (QED) is 0.596. The Kier molecular flexibility index (Phi) is 3.41. The fourth-order valence-electron chi connectivity index (χ4n) is 2.09. The van der Waals surface area contributed by atoms with Crippen LogP contribution in [0.2, 0.25) is 0 Å². The van der Waals surface area contributed by atoms with Crippen molar-refractivity contribution >= 4 is 43.8 Å². The molecule has 1 aromatic rings. The number of fused-ring (bicyclic) bond motifs is 1. The van der Waals surface area contributed by atoms with Gasteiger partial charge in [0.15, 0.2) is 0 Å². The highest BCUT2D eigenvalue weighted by Crippen LogP contribution is 2.39. The largest absolute Gasteiger partial charge is 0.386 e. The molecule has 0 aliphatic carbocycles. The second kappa shape index (κ2) is 4.53. The molecule has 0 spiro atoms. The molecule has 90 valence electrons. The number of esters is 2. The van der Waals surface area contributed by atoms with Crippen molar-refractivity contribution < 1.29 is 14.3 Å². The van der Waals surface area contributed by atoms with Gasteiger partial charge in [-0.25, -0.2) is 9.59 Å². The summed E-state index contributed by atoms with van der Waals surface area (Å²) in [5, 5.41) is 0. The van der Waals surface area contributed by atoms with Gasteiger partial charge in [-0.05, 0) is 55.8 Å². The summed E-state index contributed by atoms with van der Waals surface area (Å²) in [4.78, 5) is 23.4. The lowest BCUT2D eigenvalue weighted by Crippen LogP contribution is -2.05. The molecule has 1 aliphatic heterocycles. The summed E-state index contributed by atoms with van der Waals surface area (Å²) in [6, 6.07) is 0. The van der Waals surface area contributed by atoms with Crippen molar-refractivity contribution in [2.75, 3.05) is 0 Å². The van der Waals surface area contributed by atoms with Crippen LogP contribution in [0.3, 0.4) is 0 Å². The molecule has 0 unspecified atom stereocenters. The smallest absolute Gasteiger partial charge is 0.347 e. The predicted molar refractivity (Wildman–Crippen MR) is 70.3 cm³/mol. The average Bonchev–Trinajstić information content (AvgIpc) is 2.57. The van der Waals surface area contributed by atoms with Gasteiger partial charge < -0.3 is 4.74 Å². The Bertz CT molecular complexity index is 488. The number of hydrogen-bond donors (Lipinski definition) is 0. The molecular weight excluding hydrogens is 352 g/mol. The van der Waals surface area contributed by atoms with E-state index < -0.39 is 11.9 Å². The Labute approximate surface area is 116 Å². The molecule has 1 aromatic carbocycles. The number of carbonyl (C=O) groups excluding carboxylic acids is 2. The summed E-state index contributed by atoms with van der Waals surface area (Å²) in [6.07, 6.45) is 1.32. The summed E-state index contributed by atoms with van der Waals surface area (Å²) < 4.78 is 6.38. The van der Waals surface area contributed by atoms with Gasteiger partial charge in [-0.2, -0.15) is 0 Å². The highest BCUT2D eigenvalue weighted by molar-refractivity contribution is 9.13. The molecule has 0 amide bonds. The minimum atomic E-state index is -0.537. The normalized spacial score (nSPS) is 13.9. The van der Waals surface area contributed by atoms with Gasteiger partial charge in [0.05, 0.1) is 11.1 Å². The van der Waals surface area contributed by atoms with Gasteiger partial charge in [0, 0.05) is 8.95 Å². The highest BCUT2D eigenvalue weighted by atomic mass is 79.9. The van der Waals surface area contributed by atoms with Crippen LogP contribution in [0.5, 0.6) is 0 Å². The Morgan fingerprint density at radius 1 is 0.882 bits per heavy atom. The molecule has 17 heavy (non-hydrogen) atoms. The lowest BCUT2D eigenvalue weighted by Gasteiger charge is -2.12. The molecule has 0 aromatic heterocycles. The molecule has 0 N–H and O–H groups in total. The first-order valence-corrected chi connectivity index (χ1v) is 6.90. The average molecular weight is 362 g/mol. The topological polar surface area (TPSA) is 43.4 Å². The van der Waals surface area contributed by atoms with Crippen LogP contribution in [-0.4, -0.2) is 11.9 Å². The van der Waals surface area contributed by atoms with Crippen LogP contribution < -0.4 is 0 Å². The maximum Gasteiger partial charge on any atom is 0.347 e. The van der Waals surface area contributed by atoms with Gasteiger partial charge in [-0.3, -0.25) is 0 Å². The number of benzene rings is 1. The third-order valence-electron chi connectivity index (χ3n) is 2.88. The van der Waals surface area contributed by atoms with Gasteiger partial charge in [0.1, 0.15) is 0 Å². The first-order chi connectivity index (χ1) is 8.02. The van der Waals surface area contributed by atoms with E-state index in [2.05, 4.69) is 31.9 Å². The van der Waals surface area contributed by atoms with Gasteiger partial charge >= 0.3 is 11.9 Å². The van der Waals surface area contributed by atoms with E-state index in [1.807, 2.05) is 13.8 Å². The van der Waals surface area contributed by atoms with Crippen LogP contribution in [-0.2, 0) is 17.6 Å². The van der Waals surface area contributed by atoms with Gasteiger partial charge in [0.25, 0.3) is 0 Å². The van der Waals surface area contributed by atoms with Crippen molar-refractivity contribution in [3.05, 3.63) is 31.2 Å². The van der Waals surface area contributed by atoms with E-state index in [4.69, 9.17) is 4.74 Å². The minimum absolute atomic E-state index is 0.421. The van der Waals surface area contributed by atoms with E-state index in [-0.39, 0.29) is 0 Å². The van der Waals surface area contributed by atoms with E-state index in [0.717, 1.165) is 20.1 Å². The molecule has 1 heterocycles. The van der Waals surface area contributed by atoms with Crippen molar-refractivity contribution in [1.29, 1.82) is 0 Å². The van der Waals surface area contributed by atoms with Crippen LogP contribution in [0.4, 0.5) is 0 Å². The van der Waals surface area contributed by atoms with Crippen molar-refractivity contribution in [2.45, 2.75) is 26.7 Å². The number of halogens is 2. The van der Waals surface area contributed by atoms with Crippen LogP contribution in [0.1, 0.15) is 45.7 Å². The Morgan fingerprint density at radius 2 is 1.24 bits per heavy atom. The first kappa shape index (κ1) is 12.8. The maximum atomic E-state index is 11.7. The van der Waals surface area contributed by atoms with E-state index in [9.17, 15) is 9.59 Å². The summed E-state index contributed by atoms with van der Waals surface area (Å²) >= 11 is 6.93. The van der Waals surface area contributed by atoms with Crippen molar-refractivity contribution in [1.82, 2.24) is 0 Å². The van der Waals surface area contributed by atoms with Crippen molar-refractivity contribution in [2.24, 2.45) is 0 Å². The summed E-state index contributed by atoms with van der Waals surface area (Å²) in [5.41, 5.74) is 2.48. The standard InChI is InChI=1S/C12H10Br2O3/c1-3-5-7-8(12(16)17-11(7)15)6(4-2)10(14)9(5)13/h3-4H2,1-2H3. The van der Waals surface area contributed by atoms with Crippen molar-refractivity contribution in [3.63, 3.8) is 0 Å². The van der Waals surface area contributed by atoms with E-state index in [0.29, 0.717) is 24.0 Å². The minimum Gasteiger partial charge on any atom is -0.386 e. The fourth-order valence-corrected chi connectivity index (χ4v) is 3.52. The van der Waals surface area contributed by atoms with Crippen LogP contribution in [0, 0.1) is 0 Å². The third kappa shape index (κ3) is 1.76. The summed E-state index contributed by atoms with van der Waals surface area (Å²) in [5.74, 6) is -1.07. The van der Waals surface area contributed by atoms with Crippen molar-refractivity contribution in [3.8, 4) is 0 Å². The summed E-state index contributed by atoms with van der Waals surface area (Å²) in [6.45, 7) is 3.88. The SMILES string of the molecule is CCc1c(Br)c(Br)c(CC)c2c1C(=O)OC2=O. The first-order valence-electron chi connectivity index (χ1n) is 5.32. The van der Waals surface area contributed by atoms with Crippen LogP contribution in [0.25, 0.3) is 0 Å². The summed E-state index contributed by atoms with van der Waals surface area (Å²) in [7, 11) is 0.